The summed E-state index contributed by atoms with van der Waals surface area (Å²) in [6, 6.07) is 7.99. The Morgan fingerprint density at radius 1 is 1.33 bits per heavy atom. The van der Waals surface area contributed by atoms with E-state index in [1.54, 1.807) is 37.4 Å². The summed E-state index contributed by atoms with van der Waals surface area (Å²) in [6.45, 7) is 1.32. The molecule has 6 nitrogen and oxygen atoms in total. The van der Waals surface area contributed by atoms with Gasteiger partial charge in [-0.3, -0.25) is 4.79 Å². The minimum atomic E-state index is -1.02. The van der Waals surface area contributed by atoms with Crippen LogP contribution in [0.25, 0.3) is 11.0 Å². The van der Waals surface area contributed by atoms with Crippen molar-refractivity contribution in [3.63, 3.8) is 0 Å². The zero-order valence-corrected chi connectivity index (χ0v) is 13.1. The molecule has 1 unspecified atom stereocenters. The molecular formula is C17H17FN4O2. The molecule has 0 saturated carbocycles. The molecule has 0 aliphatic rings. The fourth-order valence-corrected chi connectivity index (χ4v) is 2.59. The minimum absolute atomic E-state index is 0.156. The lowest BCUT2D eigenvalue weighted by Crippen LogP contribution is -2.51. The molecule has 0 saturated heterocycles. The summed E-state index contributed by atoms with van der Waals surface area (Å²) in [5, 5.41) is 13.1. The summed E-state index contributed by atoms with van der Waals surface area (Å²) in [7, 11) is 0. The van der Waals surface area contributed by atoms with Crippen LogP contribution < -0.4 is 5.32 Å². The summed E-state index contributed by atoms with van der Waals surface area (Å²) in [6.07, 6.45) is 3.12. The second-order valence-electron chi connectivity index (χ2n) is 5.90. The maximum absolute atomic E-state index is 13.9. The number of halogens is 1. The molecule has 3 N–H and O–H groups in total. The van der Waals surface area contributed by atoms with Crippen molar-refractivity contribution >= 4 is 16.9 Å². The van der Waals surface area contributed by atoms with Crippen LogP contribution in [0.3, 0.4) is 0 Å². The van der Waals surface area contributed by atoms with E-state index in [0.29, 0.717) is 16.6 Å². The summed E-state index contributed by atoms with van der Waals surface area (Å²) in [5.41, 5.74) is 0.153. The number of hydrogen-bond donors (Lipinski definition) is 3. The van der Waals surface area contributed by atoms with Gasteiger partial charge in [0.25, 0.3) is 5.91 Å². The van der Waals surface area contributed by atoms with E-state index in [1.807, 2.05) is 0 Å². The average molecular weight is 328 g/mol. The van der Waals surface area contributed by atoms with Crippen molar-refractivity contribution < 1.29 is 14.3 Å². The molecular weight excluding hydrogens is 311 g/mol. The predicted molar refractivity (Wildman–Crippen MR) is 86.9 cm³/mol. The maximum Gasteiger partial charge on any atom is 0.271 e. The highest BCUT2D eigenvalue weighted by Crippen LogP contribution is 2.18. The molecule has 0 radical (unpaired) electrons. The number of rotatable bonds is 5. The summed E-state index contributed by atoms with van der Waals surface area (Å²) in [5.74, 6) is -0.823. The lowest BCUT2D eigenvalue weighted by atomic mass is 9.93. The fraction of sp³-hybridized carbons (Fsp3) is 0.235. The number of aromatic amines is 1. The summed E-state index contributed by atoms with van der Waals surface area (Å²) >= 11 is 0. The first-order valence-corrected chi connectivity index (χ1v) is 7.47. The van der Waals surface area contributed by atoms with Gasteiger partial charge in [0.05, 0.1) is 17.5 Å². The predicted octanol–water partition coefficient (Wildman–Crippen LogP) is 1.82. The third-order valence-electron chi connectivity index (χ3n) is 3.87. The van der Waals surface area contributed by atoms with Crippen molar-refractivity contribution in [3.8, 4) is 0 Å². The first-order valence-electron chi connectivity index (χ1n) is 7.47. The molecule has 3 aromatic rings. The Hall–Kier alpha value is -2.80. The molecule has 0 fully saturated rings. The van der Waals surface area contributed by atoms with Crippen LogP contribution in [-0.2, 0) is 6.42 Å². The Kier molecular flexibility index (Phi) is 4.26. The zero-order valence-electron chi connectivity index (χ0n) is 13.1. The number of benzene rings is 1. The standard InChI is InChI=1S/C17H17FN4O2/c1-17(9-23,8-11-4-2-3-5-13(11)18)22-16(24)14-12-6-7-19-15(12)21-10-20-14/h2-7,10,23H,8-9H2,1H3,(H,22,24)(H,19,20,21). The first kappa shape index (κ1) is 16.1. The number of carbonyl (C=O) groups excluding carboxylic acids is 1. The van der Waals surface area contributed by atoms with Gasteiger partial charge in [-0.1, -0.05) is 18.2 Å². The van der Waals surface area contributed by atoms with Gasteiger partial charge in [0.1, 0.15) is 23.5 Å². The molecule has 2 heterocycles. The van der Waals surface area contributed by atoms with Crippen LogP contribution in [-0.4, -0.2) is 38.1 Å². The Morgan fingerprint density at radius 3 is 2.88 bits per heavy atom. The number of amides is 1. The molecule has 0 aliphatic heterocycles. The number of aromatic nitrogens is 3. The van der Waals surface area contributed by atoms with Crippen LogP contribution in [0, 0.1) is 5.82 Å². The average Bonchev–Trinajstić information content (AvgIpc) is 3.05. The fourth-order valence-electron chi connectivity index (χ4n) is 2.59. The van der Waals surface area contributed by atoms with Crippen molar-refractivity contribution in [1.29, 1.82) is 0 Å². The third kappa shape index (κ3) is 3.11. The van der Waals surface area contributed by atoms with Crippen LogP contribution in [0.15, 0.2) is 42.9 Å². The van der Waals surface area contributed by atoms with Crippen LogP contribution >= 0.6 is 0 Å². The van der Waals surface area contributed by atoms with Crippen molar-refractivity contribution in [2.24, 2.45) is 0 Å². The molecule has 1 aromatic carbocycles. The Balaban J connectivity index is 1.85. The molecule has 2 aromatic heterocycles. The van der Waals surface area contributed by atoms with Gasteiger partial charge < -0.3 is 15.4 Å². The zero-order chi connectivity index (χ0) is 17.2. The monoisotopic (exact) mass is 328 g/mol. The molecule has 0 bridgehead atoms. The van der Waals surface area contributed by atoms with Gasteiger partial charge >= 0.3 is 0 Å². The number of H-pyrrole nitrogens is 1. The van der Waals surface area contributed by atoms with E-state index < -0.39 is 11.4 Å². The third-order valence-corrected chi connectivity index (χ3v) is 3.87. The van der Waals surface area contributed by atoms with E-state index in [-0.39, 0.29) is 24.5 Å². The number of nitrogens with one attached hydrogen (secondary N) is 2. The minimum Gasteiger partial charge on any atom is -0.394 e. The van der Waals surface area contributed by atoms with Gasteiger partial charge in [-0.15, -0.1) is 0 Å². The highest BCUT2D eigenvalue weighted by Gasteiger charge is 2.29. The van der Waals surface area contributed by atoms with Gasteiger partial charge in [-0.05, 0) is 24.6 Å². The number of carbonyl (C=O) groups is 1. The molecule has 3 rings (SSSR count). The van der Waals surface area contributed by atoms with Gasteiger partial charge in [-0.2, -0.15) is 0 Å². The molecule has 0 aliphatic carbocycles. The number of fused-ring (bicyclic) bond motifs is 1. The quantitative estimate of drug-likeness (QED) is 0.666. The van der Waals surface area contributed by atoms with E-state index in [1.165, 1.54) is 12.4 Å². The molecule has 7 heteroatoms. The second kappa shape index (κ2) is 6.37. The van der Waals surface area contributed by atoms with Crippen molar-refractivity contribution in [2.75, 3.05) is 6.61 Å². The van der Waals surface area contributed by atoms with E-state index in [2.05, 4.69) is 20.3 Å². The van der Waals surface area contributed by atoms with E-state index in [0.717, 1.165) is 0 Å². The van der Waals surface area contributed by atoms with Crippen LogP contribution in [0.2, 0.25) is 0 Å². The van der Waals surface area contributed by atoms with E-state index >= 15 is 0 Å². The summed E-state index contributed by atoms with van der Waals surface area (Å²) in [4.78, 5) is 23.6. The largest absolute Gasteiger partial charge is 0.394 e. The second-order valence-corrected chi connectivity index (χ2v) is 5.90. The first-order chi connectivity index (χ1) is 11.5. The van der Waals surface area contributed by atoms with Gasteiger partial charge in [0, 0.05) is 12.6 Å². The molecule has 24 heavy (non-hydrogen) atoms. The molecule has 0 spiro atoms. The number of nitrogens with zero attached hydrogens (tertiary/aromatic N) is 2. The van der Waals surface area contributed by atoms with E-state index in [4.69, 9.17) is 0 Å². The van der Waals surface area contributed by atoms with Gasteiger partial charge in [0.2, 0.25) is 0 Å². The lowest BCUT2D eigenvalue weighted by molar-refractivity contribution is 0.0847. The maximum atomic E-state index is 13.9. The smallest absolute Gasteiger partial charge is 0.271 e. The molecule has 1 atom stereocenters. The number of aliphatic hydroxyl groups excluding tert-OH is 1. The van der Waals surface area contributed by atoms with Crippen LogP contribution in [0.4, 0.5) is 4.39 Å². The lowest BCUT2D eigenvalue weighted by Gasteiger charge is -2.29. The number of hydrogen-bond acceptors (Lipinski definition) is 4. The Morgan fingerprint density at radius 2 is 2.12 bits per heavy atom. The Bertz CT molecular complexity index is 880. The van der Waals surface area contributed by atoms with E-state index in [9.17, 15) is 14.3 Å². The van der Waals surface area contributed by atoms with Crippen molar-refractivity contribution in [3.05, 3.63) is 59.9 Å². The molecule has 1 amide bonds. The summed E-state index contributed by atoms with van der Waals surface area (Å²) < 4.78 is 13.9. The Labute approximate surface area is 137 Å². The molecule has 124 valence electrons. The normalized spacial score (nSPS) is 13.6. The van der Waals surface area contributed by atoms with Crippen molar-refractivity contribution in [2.45, 2.75) is 18.9 Å². The highest BCUT2D eigenvalue weighted by molar-refractivity contribution is 6.03. The van der Waals surface area contributed by atoms with Crippen LogP contribution in [0.1, 0.15) is 23.0 Å². The van der Waals surface area contributed by atoms with Crippen LogP contribution in [0.5, 0.6) is 0 Å². The van der Waals surface area contributed by atoms with Gasteiger partial charge in [0.15, 0.2) is 0 Å². The topological polar surface area (TPSA) is 90.9 Å². The van der Waals surface area contributed by atoms with Gasteiger partial charge in [-0.25, -0.2) is 14.4 Å². The SMILES string of the molecule is CC(CO)(Cc1ccccc1F)NC(=O)c1ncnc2[nH]ccc12. The highest BCUT2D eigenvalue weighted by atomic mass is 19.1. The van der Waals surface area contributed by atoms with Crippen molar-refractivity contribution in [1.82, 2.24) is 20.3 Å². The number of aliphatic hydroxyl groups is 1.